The summed E-state index contributed by atoms with van der Waals surface area (Å²) in [5.74, 6) is -1.32. The Morgan fingerprint density at radius 3 is 2.15 bits per heavy atom. The summed E-state index contributed by atoms with van der Waals surface area (Å²) in [4.78, 5) is 55.4. The number of nitrogens with one attached hydrogen (secondary N) is 2. The number of ether oxygens (including phenoxy) is 3. The van der Waals surface area contributed by atoms with E-state index in [1.165, 1.54) is 0 Å². The van der Waals surface area contributed by atoms with Crippen LogP contribution in [0.15, 0.2) is 128 Å². The predicted octanol–water partition coefficient (Wildman–Crippen LogP) is 7.28. The van der Waals surface area contributed by atoms with Gasteiger partial charge in [-0.25, -0.2) is 9.59 Å². The van der Waals surface area contributed by atoms with Crippen LogP contribution in [0.1, 0.15) is 66.7 Å². The molecular formula is C49H55N3O8. The fraction of sp³-hybridized carbons (Fsp3) is 0.347. The largest absolute Gasteiger partial charge is 0.489 e. The highest BCUT2D eigenvalue weighted by atomic mass is 16.6. The lowest BCUT2D eigenvalue weighted by atomic mass is 9.98. The van der Waals surface area contributed by atoms with Crippen LogP contribution >= 0.6 is 0 Å². The van der Waals surface area contributed by atoms with Gasteiger partial charge in [-0.3, -0.25) is 9.59 Å². The van der Waals surface area contributed by atoms with Crippen molar-refractivity contribution in [2.45, 2.75) is 75.6 Å². The molecule has 60 heavy (non-hydrogen) atoms. The van der Waals surface area contributed by atoms with Crippen molar-refractivity contribution < 1.29 is 38.5 Å². The Morgan fingerprint density at radius 1 is 0.800 bits per heavy atom. The normalized spacial score (nSPS) is 15.8. The predicted molar refractivity (Wildman–Crippen MR) is 230 cm³/mol. The first-order valence-corrected chi connectivity index (χ1v) is 20.7. The highest BCUT2D eigenvalue weighted by Crippen LogP contribution is 2.44. The number of hydrogen-bond donors (Lipinski definition) is 3. The molecule has 0 spiro atoms. The Hall–Kier alpha value is -6.20. The van der Waals surface area contributed by atoms with Crippen LogP contribution in [0.2, 0.25) is 0 Å². The van der Waals surface area contributed by atoms with Crippen molar-refractivity contribution in [1.82, 2.24) is 15.5 Å². The summed E-state index contributed by atoms with van der Waals surface area (Å²) in [5.41, 5.74) is 6.37. The number of fused-ring (bicyclic) bond motifs is 3. The molecule has 0 unspecified atom stereocenters. The number of aliphatic hydroxyl groups is 1. The number of hydrogen-bond acceptors (Lipinski definition) is 8. The van der Waals surface area contributed by atoms with E-state index in [2.05, 4.69) is 35.9 Å². The number of benzene rings is 4. The Bertz CT molecular complexity index is 2040. The van der Waals surface area contributed by atoms with Gasteiger partial charge in [-0.2, -0.15) is 0 Å². The number of carbonyl (C=O) groups is 4. The molecule has 1 aliphatic carbocycles. The third-order valence-electron chi connectivity index (χ3n) is 11.1. The molecule has 0 radical (unpaired) electrons. The molecule has 3 N–H and O–H groups in total. The maximum absolute atomic E-state index is 13.9. The fourth-order valence-electron chi connectivity index (χ4n) is 8.02. The lowest BCUT2D eigenvalue weighted by molar-refractivity contribution is -0.150. The smallest absolute Gasteiger partial charge is 0.407 e. The van der Waals surface area contributed by atoms with Crippen molar-refractivity contribution in [3.05, 3.63) is 151 Å². The number of nitrogens with zero attached hydrogens (tertiary/aromatic N) is 1. The average molecular weight is 814 g/mol. The monoisotopic (exact) mass is 813 g/mol. The van der Waals surface area contributed by atoms with Crippen molar-refractivity contribution >= 4 is 23.9 Å². The molecule has 1 aliphatic heterocycles. The van der Waals surface area contributed by atoms with Crippen LogP contribution in [0.5, 0.6) is 5.75 Å². The Morgan fingerprint density at radius 2 is 1.48 bits per heavy atom. The second kappa shape index (κ2) is 21.7. The van der Waals surface area contributed by atoms with Gasteiger partial charge in [-0.15, -0.1) is 13.2 Å². The third kappa shape index (κ3) is 11.5. The molecule has 6 rings (SSSR count). The number of amides is 3. The molecule has 1 heterocycles. The molecule has 4 atom stereocenters. The van der Waals surface area contributed by atoms with Gasteiger partial charge in [0.15, 0.2) is 0 Å². The van der Waals surface area contributed by atoms with Crippen LogP contribution in [0, 0.1) is 5.92 Å². The minimum Gasteiger partial charge on any atom is -0.489 e. The van der Waals surface area contributed by atoms with Gasteiger partial charge in [0, 0.05) is 18.9 Å². The maximum Gasteiger partial charge on any atom is 0.407 e. The second-order valence-corrected chi connectivity index (χ2v) is 15.3. The van der Waals surface area contributed by atoms with Crippen LogP contribution < -0.4 is 15.4 Å². The maximum atomic E-state index is 13.9. The standard InChI is InChI=1S/C49H55N3O8/c1-3-5-22-45(51-49(57)60-33-44-42-20-11-9-18-40(42)41-19-10-12-21-43(41)44)48(56)59-32-38-17-13-27-52(38)47(55)36(14-4-2)29-46(54)50-37(30-53)28-34-23-25-39(26-24-34)58-31-35-15-7-6-8-16-35/h3-4,6-12,15-16,18-21,23-26,36-38,44-45,53H,1-2,5,13-14,17,22,27-33H2,(H,50,54)(H,51,57)/t36-,37-,38-,45-/m0/s1. The highest BCUT2D eigenvalue weighted by molar-refractivity contribution is 5.87. The number of aliphatic hydroxyl groups excluding tert-OH is 1. The van der Waals surface area contributed by atoms with Crippen LogP contribution in [-0.2, 0) is 36.9 Å². The van der Waals surface area contributed by atoms with E-state index in [0.717, 1.165) is 33.4 Å². The van der Waals surface area contributed by atoms with E-state index in [1.807, 2.05) is 91.0 Å². The first-order chi connectivity index (χ1) is 29.3. The molecular weight excluding hydrogens is 759 g/mol. The summed E-state index contributed by atoms with van der Waals surface area (Å²) in [6.45, 7) is 8.24. The second-order valence-electron chi connectivity index (χ2n) is 15.3. The molecule has 2 aliphatic rings. The molecule has 0 bridgehead atoms. The molecule has 1 saturated heterocycles. The summed E-state index contributed by atoms with van der Waals surface area (Å²) in [5, 5.41) is 15.7. The minimum absolute atomic E-state index is 0.0583. The number of allylic oxidation sites excluding steroid dienone is 2. The third-order valence-corrected chi connectivity index (χ3v) is 11.1. The van der Waals surface area contributed by atoms with E-state index in [4.69, 9.17) is 14.2 Å². The van der Waals surface area contributed by atoms with Crippen LogP contribution in [0.3, 0.4) is 0 Å². The number of likely N-dealkylation sites (tertiary alicyclic amines) is 1. The van der Waals surface area contributed by atoms with Crippen molar-refractivity contribution in [1.29, 1.82) is 0 Å². The lowest BCUT2D eigenvalue weighted by Crippen LogP contribution is -2.46. The summed E-state index contributed by atoms with van der Waals surface area (Å²) >= 11 is 0. The van der Waals surface area contributed by atoms with Gasteiger partial charge in [0.05, 0.1) is 24.6 Å². The minimum atomic E-state index is -0.980. The van der Waals surface area contributed by atoms with Crippen LogP contribution in [0.25, 0.3) is 11.1 Å². The van der Waals surface area contributed by atoms with E-state index in [-0.39, 0.29) is 56.8 Å². The Balaban J connectivity index is 0.980. The van der Waals surface area contributed by atoms with E-state index >= 15 is 0 Å². The van der Waals surface area contributed by atoms with Crippen molar-refractivity contribution in [3.63, 3.8) is 0 Å². The lowest BCUT2D eigenvalue weighted by Gasteiger charge is -2.29. The zero-order valence-electron chi connectivity index (χ0n) is 34.0. The van der Waals surface area contributed by atoms with Crippen LogP contribution in [0.4, 0.5) is 4.79 Å². The molecule has 314 valence electrons. The highest BCUT2D eigenvalue weighted by Gasteiger charge is 2.36. The molecule has 11 nitrogen and oxygen atoms in total. The van der Waals surface area contributed by atoms with Crippen molar-refractivity contribution in [2.75, 3.05) is 26.4 Å². The quantitative estimate of drug-likeness (QED) is 0.0589. The van der Waals surface area contributed by atoms with E-state index in [0.29, 0.717) is 44.6 Å². The van der Waals surface area contributed by atoms with Gasteiger partial charge >= 0.3 is 12.1 Å². The summed E-state index contributed by atoms with van der Waals surface area (Å²) in [6, 6.07) is 31.6. The van der Waals surface area contributed by atoms with Gasteiger partial charge < -0.3 is 34.9 Å². The van der Waals surface area contributed by atoms with E-state index in [1.54, 1.807) is 17.1 Å². The van der Waals surface area contributed by atoms with E-state index in [9.17, 15) is 24.3 Å². The number of rotatable bonds is 21. The molecule has 0 aromatic heterocycles. The van der Waals surface area contributed by atoms with Gasteiger partial charge in [0.25, 0.3) is 0 Å². The van der Waals surface area contributed by atoms with Crippen molar-refractivity contribution in [2.24, 2.45) is 5.92 Å². The molecule has 0 saturated carbocycles. The van der Waals surface area contributed by atoms with Crippen molar-refractivity contribution in [3.8, 4) is 16.9 Å². The molecule has 1 fully saturated rings. The van der Waals surface area contributed by atoms with Gasteiger partial charge in [0.2, 0.25) is 11.8 Å². The summed E-state index contributed by atoms with van der Waals surface area (Å²) < 4.78 is 17.3. The summed E-state index contributed by atoms with van der Waals surface area (Å²) in [6.07, 6.45) is 5.17. The molecule has 11 heteroatoms. The van der Waals surface area contributed by atoms with E-state index < -0.39 is 36.1 Å². The topological polar surface area (TPSA) is 143 Å². The van der Waals surface area contributed by atoms with Crippen LogP contribution in [-0.4, -0.2) is 78.4 Å². The van der Waals surface area contributed by atoms with Gasteiger partial charge in [0.1, 0.15) is 31.6 Å². The molecule has 3 amide bonds. The first-order valence-electron chi connectivity index (χ1n) is 20.7. The first kappa shape index (κ1) is 43.4. The molecule has 4 aromatic carbocycles. The molecule has 4 aromatic rings. The zero-order valence-corrected chi connectivity index (χ0v) is 34.0. The summed E-state index contributed by atoms with van der Waals surface area (Å²) in [7, 11) is 0. The Kier molecular flexibility index (Phi) is 15.7. The number of esters is 1. The number of carbonyl (C=O) groups excluding carboxylic acids is 4. The van der Waals surface area contributed by atoms with Gasteiger partial charge in [-0.1, -0.05) is 103 Å². The fourth-order valence-corrected chi connectivity index (χ4v) is 8.02. The zero-order chi connectivity index (χ0) is 42.3. The average Bonchev–Trinajstić information content (AvgIpc) is 3.88. The Labute approximate surface area is 352 Å². The number of alkyl carbamates (subject to hydrolysis) is 1. The van der Waals surface area contributed by atoms with Gasteiger partial charge in [-0.05, 0) is 84.0 Å². The SMILES string of the molecule is C=CCC[C@H](NC(=O)OCC1c2ccccc2-c2ccccc21)C(=O)OC[C@@H]1CCCN1C(=O)[C@@H](CC=C)CC(=O)N[C@H](CO)Cc1ccc(OCc2ccccc2)cc1.